The number of ether oxygens (including phenoxy) is 1. The van der Waals surface area contributed by atoms with Crippen molar-refractivity contribution in [1.82, 2.24) is 9.97 Å². The minimum atomic E-state index is -0.155. The Bertz CT molecular complexity index is 672. The van der Waals surface area contributed by atoms with Crippen LogP contribution in [0.3, 0.4) is 0 Å². The molecule has 1 aromatic heterocycles. The quantitative estimate of drug-likeness (QED) is 0.904. The van der Waals surface area contributed by atoms with E-state index in [9.17, 15) is 4.79 Å². The molecule has 0 bridgehead atoms. The number of nitrogens with zero attached hydrogens (tertiary/aromatic N) is 1. The molecule has 3 rings (SSSR count). The first-order valence-electron chi connectivity index (χ1n) is 7.54. The molecule has 1 saturated carbocycles. The maximum Gasteiger partial charge on any atom is 0.254 e. The monoisotopic (exact) mass is 284 g/mol. The molecule has 1 unspecified atom stereocenters. The zero-order chi connectivity index (χ0) is 14.8. The van der Waals surface area contributed by atoms with Crippen molar-refractivity contribution < 1.29 is 4.74 Å². The molecule has 0 aliphatic heterocycles. The van der Waals surface area contributed by atoms with E-state index in [4.69, 9.17) is 4.74 Å². The zero-order valence-electron chi connectivity index (χ0n) is 12.4. The lowest BCUT2D eigenvalue weighted by atomic mass is 9.99. The van der Waals surface area contributed by atoms with Crippen molar-refractivity contribution in [3.63, 3.8) is 0 Å². The van der Waals surface area contributed by atoms with Crippen LogP contribution in [0.1, 0.15) is 56.3 Å². The predicted molar refractivity (Wildman–Crippen MR) is 82.1 cm³/mol. The van der Waals surface area contributed by atoms with Crippen LogP contribution in [0.5, 0.6) is 11.6 Å². The first kappa shape index (κ1) is 13.9. The van der Waals surface area contributed by atoms with Gasteiger partial charge in [-0.05, 0) is 42.9 Å². The van der Waals surface area contributed by atoms with Crippen LogP contribution in [0.15, 0.2) is 35.1 Å². The number of H-pyrrole nitrogens is 1. The fraction of sp³-hybridized carbons (Fsp3) is 0.412. The molecule has 1 aliphatic rings. The first-order chi connectivity index (χ1) is 10.2. The van der Waals surface area contributed by atoms with Gasteiger partial charge in [-0.2, -0.15) is 4.98 Å². The fourth-order valence-electron chi connectivity index (χ4n) is 2.28. The van der Waals surface area contributed by atoms with Crippen molar-refractivity contribution in [3.05, 3.63) is 52.1 Å². The molecule has 1 atom stereocenters. The van der Waals surface area contributed by atoms with E-state index in [1.54, 1.807) is 0 Å². The number of nitrogens with one attached hydrogen (secondary N) is 1. The smallest absolute Gasteiger partial charge is 0.254 e. The lowest BCUT2D eigenvalue weighted by Crippen LogP contribution is -2.10. The fourth-order valence-corrected chi connectivity index (χ4v) is 2.28. The SMILES string of the molecule is CCC(C)c1ccc(Oc2cc(=O)[nH]c(C3CC3)n2)cc1. The largest absolute Gasteiger partial charge is 0.439 e. The van der Waals surface area contributed by atoms with E-state index in [2.05, 4.69) is 35.9 Å². The topological polar surface area (TPSA) is 55.0 Å². The summed E-state index contributed by atoms with van der Waals surface area (Å²) in [6, 6.07) is 9.40. The van der Waals surface area contributed by atoms with Gasteiger partial charge in [0.05, 0.1) is 6.07 Å². The summed E-state index contributed by atoms with van der Waals surface area (Å²) in [5.74, 6) is 2.76. The second kappa shape index (κ2) is 5.72. The lowest BCUT2D eigenvalue weighted by Gasteiger charge is -2.10. The van der Waals surface area contributed by atoms with Gasteiger partial charge >= 0.3 is 0 Å². The molecular weight excluding hydrogens is 264 g/mol. The molecule has 2 aromatic rings. The minimum absolute atomic E-state index is 0.155. The van der Waals surface area contributed by atoms with Crippen LogP contribution in [-0.4, -0.2) is 9.97 Å². The number of hydrogen-bond acceptors (Lipinski definition) is 3. The van der Waals surface area contributed by atoms with Crippen LogP contribution >= 0.6 is 0 Å². The molecule has 4 heteroatoms. The molecule has 4 nitrogen and oxygen atoms in total. The van der Waals surface area contributed by atoms with E-state index in [0.29, 0.717) is 23.5 Å². The number of benzene rings is 1. The van der Waals surface area contributed by atoms with Crippen molar-refractivity contribution in [1.29, 1.82) is 0 Å². The van der Waals surface area contributed by atoms with Crippen molar-refractivity contribution in [3.8, 4) is 11.6 Å². The van der Waals surface area contributed by atoms with E-state index < -0.39 is 0 Å². The minimum Gasteiger partial charge on any atom is -0.439 e. The summed E-state index contributed by atoms with van der Waals surface area (Å²) in [5.41, 5.74) is 1.14. The van der Waals surface area contributed by atoms with Crippen LogP contribution in [0.25, 0.3) is 0 Å². The predicted octanol–water partition coefficient (Wildman–Crippen LogP) is 3.95. The molecular formula is C17H20N2O2. The van der Waals surface area contributed by atoms with Crippen LogP contribution < -0.4 is 10.3 Å². The van der Waals surface area contributed by atoms with Gasteiger partial charge in [-0.1, -0.05) is 26.0 Å². The first-order valence-corrected chi connectivity index (χ1v) is 7.54. The van der Waals surface area contributed by atoms with Crippen molar-refractivity contribution in [2.75, 3.05) is 0 Å². The van der Waals surface area contributed by atoms with E-state index in [1.807, 2.05) is 12.1 Å². The molecule has 1 heterocycles. The Balaban J connectivity index is 1.78. The van der Waals surface area contributed by atoms with E-state index in [-0.39, 0.29) is 5.56 Å². The summed E-state index contributed by atoms with van der Waals surface area (Å²) in [6.45, 7) is 4.38. The van der Waals surface area contributed by atoms with Gasteiger partial charge in [-0.3, -0.25) is 4.79 Å². The molecule has 1 N–H and O–H groups in total. The summed E-state index contributed by atoms with van der Waals surface area (Å²) in [5, 5.41) is 0. The highest BCUT2D eigenvalue weighted by Crippen LogP contribution is 2.38. The van der Waals surface area contributed by atoms with E-state index in [1.165, 1.54) is 11.6 Å². The van der Waals surface area contributed by atoms with Crippen molar-refractivity contribution >= 4 is 0 Å². The van der Waals surface area contributed by atoms with Gasteiger partial charge in [-0.15, -0.1) is 0 Å². The van der Waals surface area contributed by atoms with Crippen LogP contribution in [0.4, 0.5) is 0 Å². The average molecular weight is 284 g/mol. The Morgan fingerprint density at radius 2 is 2.05 bits per heavy atom. The number of hydrogen-bond donors (Lipinski definition) is 1. The molecule has 1 aliphatic carbocycles. The third kappa shape index (κ3) is 3.32. The Labute approximate surface area is 124 Å². The molecule has 0 radical (unpaired) electrons. The summed E-state index contributed by atoms with van der Waals surface area (Å²) in [7, 11) is 0. The van der Waals surface area contributed by atoms with Crippen LogP contribution in [0, 0.1) is 0 Å². The highest BCUT2D eigenvalue weighted by Gasteiger charge is 2.26. The summed E-state index contributed by atoms with van der Waals surface area (Å²) >= 11 is 0. The Kier molecular flexibility index (Phi) is 3.78. The molecule has 110 valence electrons. The number of rotatable bonds is 5. The Hall–Kier alpha value is -2.10. The zero-order valence-corrected chi connectivity index (χ0v) is 12.4. The molecule has 0 spiro atoms. The average Bonchev–Trinajstić information content (AvgIpc) is 3.31. The second-order valence-electron chi connectivity index (χ2n) is 5.72. The third-order valence-corrected chi connectivity index (χ3v) is 3.98. The number of aromatic nitrogens is 2. The van der Waals surface area contributed by atoms with Gasteiger partial charge in [-0.25, -0.2) is 0 Å². The van der Waals surface area contributed by atoms with E-state index in [0.717, 1.165) is 25.1 Å². The standard InChI is InChI=1S/C17H20N2O2/c1-3-11(2)12-6-8-14(9-7-12)21-16-10-15(20)18-17(19-16)13-4-5-13/h6-11,13H,3-5H2,1-2H3,(H,18,19,20). The Morgan fingerprint density at radius 1 is 1.33 bits per heavy atom. The maximum atomic E-state index is 11.6. The maximum absolute atomic E-state index is 11.6. The summed E-state index contributed by atoms with van der Waals surface area (Å²) < 4.78 is 5.72. The van der Waals surface area contributed by atoms with Gasteiger partial charge in [0, 0.05) is 5.92 Å². The van der Waals surface area contributed by atoms with Crippen LogP contribution in [-0.2, 0) is 0 Å². The van der Waals surface area contributed by atoms with Gasteiger partial charge < -0.3 is 9.72 Å². The Morgan fingerprint density at radius 3 is 2.67 bits per heavy atom. The molecule has 1 fully saturated rings. The second-order valence-corrected chi connectivity index (χ2v) is 5.72. The molecule has 1 aromatic carbocycles. The van der Waals surface area contributed by atoms with Gasteiger partial charge in [0.25, 0.3) is 5.56 Å². The number of aromatic amines is 1. The van der Waals surface area contributed by atoms with E-state index >= 15 is 0 Å². The molecule has 0 saturated heterocycles. The molecule has 21 heavy (non-hydrogen) atoms. The van der Waals surface area contributed by atoms with Gasteiger partial charge in [0.2, 0.25) is 5.88 Å². The normalized spacial score (nSPS) is 15.7. The summed E-state index contributed by atoms with van der Waals surface area (Å²) in [6.07, 6.45) is 3.30. The van der Waals surface area contributed by atoms with Crippen LogP contribution in [0.2, 0.25) is 0 Å². The highest BCUT2D eigenvalue weighted by atomic mass is 16.5. The van der Waals surface area contributed by atoms with Crippen molar-refractivity contribution in [2.45, 2.75) is 44.9 Å². The lowest BCUT2D eigenvalue weighted by molar-refractivity contribution is 0.457. The summed E-state index contributed by atoms with van der Waals surface area (Å²) in [4.78, 5) is 18.8. The highest BCUT2D eigenvalue weighted by molar-refractivity contribution is 5.32. The van der Waals surface area contributed by atoms with Gasteiger partial charge in [0.1, 0.15) is 11.6 Å². The van der Waals surface area contributed by atoms with Crippen molar-refractivity contribution in [2.24, 2.45) is 0 Å². The molecule has 0 amide bonds. The third-order valence-electron chi connectivity index (χ3n) is 3.98. The van der Waals surface area contributed by atoms with Gasteiger partial charge in [0.15, 0.2) is 0 Å².